The zero-order valence-electron chi connectivity index (χ0n) is 18.9. The lowest BCUT2D eigenvalue weighted by atomic mass is 9.83. The maximum absolute atomic E-state index is 12.8. The number of fused-ring (bicyclic) bond motifs is 1. The van der Waals surface area contributed by atoms with Crippen LogP contribution in [0.1, 0.15) is 58.5 Å². The average Bonchev–Trinajstić information content (AvgIpc) is 3.07. The summed E-state index contributed by atoms with van der Waals surface area (Å²) in [6.07, 6.45) is 3.58. The predicted molar refractivity (Wildman–Crippen MR) is 124 cm³/mol. The number of hydrogen-bond acceptors (Lipinski definition) is 3. The third kappa shape index (κ3) is 4.67. The van der Waals surface area contributed by atoms with E-state index in [0.717, 1.165) is 36.1 Å². The van der Waals surface area contributed by atoms with Gasteiger partial charge in [0, 0.05) is 25.8 Å². The van der Waals surface area contributed by atoms with E-state index in [4.69, 9.17) is 0 Å². The molecule has 0 spiro atoms. The molecule has 0 aromatic heterocycles. The molecular formula is C26H33N3O2. The Bertz CT molecular complexity index is 954. The second-order valence-electron chi connectivity index (χ2n) is 9.11. The Morgan fingerprint density at radius 2 is 1.94 bits per heavy atom. The van der Waals surface area contributed by atoms with Crippen molar-refractivity contribution in [1.29, 1.82) is 0 Å². The van der Waals surface area contributed by atoms with Crippen molar-refractivity contribution in [3.05, 3.63) is 64.7 Å². The van der Waals surface area contributed by atoms with E-state index in [1.54, 1.807) is 18.0 Å². The number of aryl methyl sites for hydroxylation is 1. The highest BCUT2D eigenvalue weighted by Crippen LogP contribution is 2.28. The average molecular weight is 420 g/mol. The lowest BCUT2D eigenvalue weighted by molar-refractivity contribution is 0.0812. The summed E-state index contributed by atoms with van der Waals surface area (Å²) in [5.74, 6) is 1.22. The first-order chi connectivity index (χ1) is 15.0. The molecule has 5 heteroatoms. The van der Waals surface area contributed by atoms with Gasteiger partial charge in [-0.2, -0.15) is 0 Å². The molecule has 0 aliphatic carbocycles. The molecule has 0 radical (unpaired) electrons. The van der Waals surface area contributed by atoms with Crippen LogP contribution in [0.5, 0.6) is 0 Å². The number of amides is 2. The number of carbonyl (C=O) groups is 2. The number of hydrogen-bond donors (Lipinski definition) is 1. The largest absolute Gasteiger partial charge is 0.337 e. The standard InChI is InChI=1S/C26H33N3O2/c1-4-29-15-14-20(18(2)16-29)11-8-19-9-12-22(13-10-19)27-25(30)23-7-5-6-21-17-28(3)26(31)24(21)23/h5-7,9-10,12-13,18,20H,4,8,11,14-17H2,1-3H3,(H,27,30)/t18-,20+/m1/s1. The molecule has 2 aliphatic heterocycles. The lowest BCUT2D eigenvalue weighted by Gasteiger charge is -2.36. The molecule has 0 bridgehead atoms. The minimum absolute atomic E-state index is 0.0879. The summed E-state index contributed by atoms with van der Waals surface area (Å²) in [4.78, 5) is 29.5. The van der Waals surface area contributed by atoms with Crippen molar-refractivity contribution < 1.29 is 9.59 Å². The van der Waals surface area contributed by atoms with Crippen LogP contribution in [0.2, 0.25) is 0 Å². The highest BCUT2D eigenvalue weighted by atomic mass is 16.2. The third-order valence-electron chi connectivity index (χ3n) is 6.99. The van der Waals surface area contributed by atoms with E-state index in [1.165, 1.54) is 31.5 Å². The fourth-order valence-corrected chi connectivity index (χ4v) is 4.99. The molecule has 164 valence electrons. The van der Waals surface area contributed by atoms with Crippen LogP contribution in [0, 0.1) is 11.8 Å². The summed E-state index contributed by atoms with van der Waals surface area (Å²) in [6, 6.07) is 13.6. The molecule has 4 rings (SSSR count). The molecule has 2 aliphatic rings. The molecule has 2 aromatic rings. The molecule has 31 heavy (non-hydrogen) atoms. The first kappa shape index (κ1) is 21.6. The van der Waals surface area contributed by atoms with Crippen LogP contribution in [-0.4, -0.2) is 48.3 Å². The summed E-state index contributed by atoms with van der Waals surface area (Å²) in [6.45, 7) is 8.77. The topological polar surface area (TPSA) is 52.7 Å². The summed E-state index contributed by atoms with van der Waals surface area (Å²) >= 11 is 0. The number of rotatable bonds is 6. The third-order valence-corrected chi connectivity index (χ3v) is 6.99. The molecule has 2 heterocycles. The second-order valence-corrected chi connectivity index (χ2v) is 9.11. The first-order valence-electron chi connectivity index (χ1n) is 11.5. The molecule has 1 saturated heterocycles. The van der Waals surface area contributed by atoms with Gasteiger partial charge in [-0.05, 0) is 73.5 Å². The van der Waals surface area contributed by atoms with Crippen LogP contribution in [0.4, 0.5) is 5.69 Å². The molecule has 5 nitrogen and oxygen atoms in total. The molecular weight excluding hydrogens is 386 g/mol. The fraction of sp³-hybridized carbons (Fsp3) is 0.462. The minimum Gasteiger partial charge on any atom is -0.337 e. The maximum Gasteiger partial charge on any atom is 0.256 e. The summed E-state index contributed by atoms with van der Waals surface area (Å²) in [5, 5.41) is 2.96. The number of nitrogens with one attached hydrogen (secondary N) is 1. The van der Waals surface area contributed by atoms with E-state index in [-0.39, 0.29) is 11.8 Å². The van der Waals surface area contributed by atoms with E-state index < -0.39 is 0 Å². The van der Waals surface area contributed by atoms with Crippen molar-refractivity contribution in [2.75, 3.05) is 32.0 Å². The molecule has 2 aromatic carbocycles. The van der Waals surface area contributed by atoms with Gasteiger partial charge in [-0.15, -0.1) is 0 Å². The predicted octanol–water partition coefficient (Wildman–Crippen LogP) is 4.44. The van der Waals surface area contributed by atoms with Gasteiger partial charge in [0.05, 0.1) is 11.1 Å². The van der Waals surface area contributed by atoms with E-state index in [0.29, 0.717) is 17.7 Å². The summed E-state index contributed by atoms with van der Waals surface area (Å²) in [7, 11) is 1.76. The monoisotopic (exact) mass is 419 g/mol. The van der Waals surface area contributed by atoms with Gasteiger partial charge in [-0.1, -0.05) is 38.1 Å². The molecule has 1 N–H and O–H groups in total. The van der Waals surface area contributed by atoms with Crippen LogP contribution in [0.25, 0.3) is 0 Å². The van der Waals surface area contributed by atoms with Gasteiger partial charge in [0.2, 0.25) is 0 Å². The Kier molecular flexibility index (Phi) is 6.42. The fourth-order valence-electron chi connectivity index (χ4n) is 4.99. The lowest BCUT2D eigenvalue weighted by Crippen LogP contribution is -2.39. The van der Waals surface area contributed by atoms with Crippen molar-refractivity contribution in [2.45, 2.75) is 39.7 Å². The van der Waals surface area contributed by atoms with Crippen molar-refractivity contribution in [1.82, 2.24) is 9.80 Å². The molecule has 0 unspecified atom stereocenters. The van der Waals surface area contributed by atoms with E-state index in [9.17, 15) is 9.59 Å². The van der Waals surface area contributed by atoms with Crippen molar-refractivity contribution in [2.24, 2.45) is 11.8 Å². The normalized spacial score (nSPS) is 21.3. The quantitative estimate of drug-likeness (QED) is 0.753. The second kappa shape index (κ2) is 9.23. The number of nitrogens with zero attached hydrogens (tertiary/aromatic N) is 2. The Morgan fingerprint density at radius 1 is 1.16 bits per heavy atom. The Labute approximate surface area is 185 Å². The van der Waals surface area contributed by atoms with Crippen LogP contribution in [-0.2, 0) is 13.0 Å². The minimum atomic E-state index is -0.232. The zero-order chi connectivity index (χ0) is 22.0. The van der Waals surface area contributed by atoms with E-state index in [2.05, 4.69) is 36.2 Å². The Balaban J connectivity index is 1.35. The van der Waals surface area contributed by atoms with Crippen molar-refractivity contribution in [3.8, 4) is 0 Å². The van der Waals surface area contributed by atoms with Crippen LogP contribution < -0.4 is 5.32 Å². The first-order valence-corrected chi connectivity index (χ1v) is 11.5. The van der Waals surface area contributed by atoms with Gasteiger partial charge in [0.1, 0.15) is 0 Å². The van der Waals surface area contributed by atoms with E-state index >= 15 is 0 Å². The van der Waals surface area contributed by atoms with Crippen molar-refractivity contribution >= 4 is 17.5 Å². The van der Waals surface area contributed by atoms with Gasteiger partial charge in [-0.3, -0.25) is 9.59 Å². The SMILES string of the molecule is CCN1CC[C@H](CCc2ccc(NC(=O)c3cccc4c3C(=O)N(C)C4)cc2)[C@H](C)C1. The van der Waals surface area contributed by atoms with Gasteiger partial charge >= 0.3 is 0 Å². The summed E-state index contributed by atoms with van der Waals surface area (Å²) in [5.41, 5.74) is 3.95. The number of benzene rings is 2. The summed E-state index contributed by atoms with van der Waals surface area (Å²) < 4.78 is 0. The zero-order valence-corrected chi connectivity index (χ0v) is 18.9. The number of likely N-dealkylation sites (tertiary alicyclic amines) is 1. The van der Waals surface area contributed by atoms with Crippen LogP contribution in [0.3, 0.4) is 0 Å². The number of anilines is 1. The molecule has 2 amide bonds. The Morgan fingerprint density at radius 3 is 2.65 bits per heavy atom. The van der Waals surface area contributed by atoms with Gasteiger partial charge in [-0.25, -0.2) is 0 Å². The van der Waals surface area contributed by atoms with Crippen molar-refractivity contribution in [3.63, 3.8) is 0 Å². The smallest absolute Gasteiger partial charge is 0.256 e. The van der Waals surface area contributed by atoms with Crippen LogP contribution in [0.15, 0.2) is 42.5 Å². The molecule has 2 atom stereocenters. The maximum atomic E-state index is 12.8. The molecule has 0 saturated carbocycles. The van der Waals surface area contributed by atoms with Gasteiger partial charge in [0.25, 0.3) is 11.8 Å². The highest BCUT2D eigenvalue weighted by Gasteiger charge is 2.29. The number of piperidine rings is 1. The number of carbonyl (C=O) groups excluding carboxylic acids is 2. The van der Waals surface area contributed by atoms with Crippen LogP contribution >= 0.6 is 0 Å². The Hall–Kier alpha value is -2.66. The van der Waals surface area contributed by atoms with Gasteiger partial charge < -0.3 is 15.1 Å². The molecule has 1 fully saturated rings. The van der Waals surface area contributed by atoms with Gasteiger partial charge in [0.15, 0.2) is 0 Å². The highest BCUT2D eigenvalue weighted by molar-refractivity contribution is 6.13. The van der Waals surface area contributed by atoms with E-state index in [1.807, 2.05) is 24.3 Å².